The van der Waals surface area contributed by atoms with Gasteiger partial charge in [0.05, 0.1) is 30.2 Å². The number of alkyl halides is 3. The number of anilines is 1. The van der Waals surface area contributed by atoms with E-state index in [-0.39, 0.29) is 29.9 Å². The Balaban J connectivity index is 0.00000272. The van der Waals surface area contributed by atoms with Crippen LogP contribution < -0.4 is 10.6 Å². The minimum atomic E-state index is -4.48. The third-order valence-corrected chi connectivity index (χ3v) is 4.60. The fraction of sp³-hybridized carbons (Fsp3) is 0.250. The Hall–Kier alpha value is -2.95. The summed E-state index contributed by atoms with van der Waals surface area (Å²) in [4.78, 5) is 13.4. The summed E-state index contributed by atoms with van der Waals surface area (Å²) in [6.45, 7) is 2.20. The van der Waals surface area contributed by atoms with Crippen molar-refractivity contribution >= 4 is 24.0 Å². The first kappa shape index (κ1) is 22.7. The monoisotopic (exact) mass is 453 g/mol. The zero-order chi connectivity index (χ0) is 21.1. The van der Waals surface area contributed by atoms with Crippen molar-refractivity contribution in [1.29, 1.82) is 0 Å². The predicted octanol–water partition coefficient (Wildman–Crippen LogP) is 3.62. The van der Waals surface area contributed by atoms with Crippen LogP contribution in [0.5, 0.6) is 0 Å². The number of benzene rings is 2. The van der Waals surface area contributed by atoms with Gasteiger partial charge in [0.2, 0.25) is 0 Å². The minimum Gasteiger partial charge on any atom is -0.371 e. The quantitative estimate of drug-likeness (QED) is 0.630. The molecule has 1 atom stereocenters. The van der Waals surface area contributed by atoms with Crippen LogP contribution in [0.1, 0.15) is 27.7 Å². The molecule has 11 heteroatoms. The van der Waals surface area contributed by atoms with Crippen LogP contribution in [0.2, 0.25) is 0 Å². The molecule has 1 aliphatic rings. The second kappa shape index (κ2) is 9.46. The molecule has 1 fully saturated rings. The highest BCUT2D eigenvalue weighted by atomic mass is 35.5. The fourth-order valence-electron chi connectivity index (χ4n) is 3.05. The van der Waals surface area contributed by atoms with E-state index in [0.29, 0.717) is 12.3 Å². The number of hydrogen-bond acceptors (Lipinski definition) is 5. The number of amides is 1. The third-order valence-electron chi connectivity index (χ3n) is 4.60. The molecule has 1 unspecified atom stereocenters. The number of ether oxygens (including phenoxy) is 1. The van der Waals surface area contributed by atoms with Crippen LogP contribution in [0.15, 0.2) is 54.7 Å². The molecule has 2 aromatic carbocycles. The molecular formula is C20H19ClF3N5O2. The van der Waals surface area contributed by atoms with Crippen LogP contribution >= 0.6 is 12.4 Å². The van der Waals surface area contributed by atoms with Crippen molar-refractivity contribution in [1.82, 2.24) is 20.3 Å². The third kappa shape index (κ3) is 5.40. The average molecular weight is 454 g/mol. The summed E-state index contributed by atoms with van der Waals surface area (Å²) in [5, 5.41) is 13.8. The molecule has 1 saturated heterocycles. The van der Waals surface area contributed by atoms with Gasteiger partial charge >= 0.3 is 6.18 Å². The summed E-state index contributed by atoms with van der Waals surface area (Å²) in [5.74, 6) is -0.517. The van der Waals surface area contributed by atoms with Crippen LogP contribution in [0.4, 0.5) is 18.9 Å². The van der Waals surface area contributed by atoms with Gasteiger partial charge < -0.3 is 15.4 Å². The molecule has 0 saturated carbocycles. The second-order valence-electron chi connectivity index (χ2n) is 6.71. The van der Waals surface area contributed by atoms with Gasteiger partial charge in [-0.1, -0.05) is 18.2 Å². The highest BCUT2D eigenvalue weighted by Crippen LogP contribution is 2.30. The molecule has 1 amide bonds. The zero-order valence-corrected chi connectivity index (χ0v) is 16.9. The maximum atomic E-state index is 12.9. The first-order chi connectivity index (χ1) is 14.4. The summed E-state index contributed by atoms with van der Waals surface area (Å²) >= 11 is 0. The van der Waals surface area contributed by atoms with E-state index in [0.717, 1.165) is 35.6 Å². The molecule has 0 bridgehead atoms. The number of rotatable bonds is 4. The van der Waals surface area contributed by atoms with Crippen LogP contribution in [0.3, 0.4) is 0 Å². The molecule has 164 valence electrons. The van der Waals surface area contributed by atoms with Gasteiger partial charge in [-0.25, -0.2) is 0 Å². The van der Waals surface area contributed by atoms with E-state index in [4.69, 9.17) is 4.74 Å². The van der Waals surface area contributed by atoms with Gasteiger partial charge in [0.15, 0.2) is 5.69 Å². The van der Waals surface area contributed by atoms with E-state index in [2.05, 4.69) is 20.8 Å². The van der Waals surface area contributed by atoms with Crippen LogP contribution in [0, 0.1) is 0 Å². The van der Waals surface area contributed by atoms with E-state index >= 15 is 0 Å². The number of carbonyl (C=O) groups is 1. The van der Waals surface area contributed by atoms with Gasteiger partial charge in [-0.2, -0.15) is 23.1 Å². The van der Waals surface area contributed by atoms with Gasteiger partial charge in [-0.05, 0) is 35.9 Å². The normalized spacial score (nSPS) is 16.4. The molecule has 2 heterocycles. The summed E-state index contributed by atoms with van der Waals surface area (Å²) in [6, 6.07) is 11.8. The van der Waals surface area contributed by atoms with Crippen LogP contribution in [0.25, 0.3) is 5.69 Å². The van der Waals surface area contributed by atoms with Crippen LogP contribution in [-0.2, 0) is 10.9 Å². The summed E-state index contributed by atoms with van der Waals surface area (Å²) < 4.78 is 44.3. The Kier molecular flexibility index (Phi) is 6.94. The number of hydrogen-bond donors (Lipinski definition) is 2. The standard InChI is InChI=1S/C20H18F3N5O2.ClH/c21-20(22,23)14-2-1-3-16(10-14)28-25-11-17(27-28)19(29)26-15-6-4-13(5-7-15)18-12-24-8-9-30-18;/h1-7,10-11,18,24H,8-9,12H2,(H,26,29);1H. The molecule has 7 nitrogen and oxygen atoms in total. The SMILES string of the molecule is Cl.O=C(Nc1ccc(C2CNCCO2)cc1)c1cnn(-c2cccc(C(F)(F)F)c2)n1. The summed E-state index contributed by atoms with van der Waals surface area (Å²) in [6.07, 6.45) is -3.31. The largest absolute Gasteiger partial charge is 0.416 e. The zero-order valence-electron chi connectivity index (χ0n) is 16.1. The van der Waals surface area contributed by atoms with Crippen molar-refractivity contribution < 1.29 is 22.7 Å². The molecule has 4 rings (SSSR count). The molecule has 0 radical (unpaired) electrons. The Morgan fingerprint density at radius 3 is 2.65 bits per heavy atom. The number of carbonyl (C=O) groups excluding carboxylic acids is 1. The van der Waals surface area contributed by atoms with E-state index in [1.54, 1.807) is 12.1 Å². The van der Waals surface area contributed by atoms with Gasteiger partial charge in [0, 0.05) is 18.8 Å². The van der Waals surface area contributed by atoms with Gasteiger partial charge in [-0.15, -0.1) is 17.5 Å². The Morgan fingerprint density at radius 1 is 1.19 bits per heavy atom. The minimum absolute atomic E-state index is 0. The number of morpholine rings is 1. The fourth-order valence-corrected chi connectivity index (χ4v) is 3.05. The molecule has 31 heavy (non-hydrogen) atoms. The van der Waals surface area contributed by atoms with Crippen molar-refractivity contribution in [3.05, 3.63) is 71.5 Å². The number of nitrogens with zero attached hydrogens (tertiary/aromatic N) is 3. The van der Waals surface area contributed by atoms with Crippen LogP contribution in [-0.4, -0.2) is 40.6 Å². The van der Waals surface area contributed by atoms with Gasteiger partial charge in [0.1, 0.15) is 0 Å². The summed E-state index contributed by atoms with van der Waals surface area (Å²) in [7, 11) is 0. The smallest absolute Gasteiger partial charge is 0.371 e. The first-order valence-electron chi connectivity index (χ1n) is 9.24. The maximum Gasteiger partial charge on any atom is 0.416 e. The maximum absolute atomic E-state index is 12.9. The topological polar surface area (TPSA) is 81.1 Å². The van der Waals surface area contributed by atoms with E-state index in [1.165, 1.54) is 18.3 Å². The lowest BCUT2D eigenvalue weighted by Gasteiger charge is -2.24. The highest BCUT2D eigenvalue weighted by Gasteiger charge is 2.30. The lowest BCUT2D eigenvalue weighted by Crippen LogP contribution is -2.33. The van der Waals surface area contributed by atoms with E-state index in [1.807, 2.05) is 12.1 Å². The lowest BCUT2D eigenvalue weighted by molar-refractivity contribution is -0.137. The number of halogens is 4. The van der Waals surface area contributed by atoms with Crippen molar-refractivity contribution in [3.63, 3.8) is 0 Å². The molecule has 0 spiro atoms. The average Bonchev–Trinajstić information content (AvgIpc) is 3.25. The van der Waals surface area contributed by atoms with Crippen molar-refractivity contribution in [2.24, 2.45) is 0 Å². The predicted molar refractivity (Wildman–Crippen MR) is 110 cm³/mol. The number of aromatic nitrogens is 3. The molecular weight excluding hydrogens is 435 g/mol. The molecule has 1 aliphatic heterocycles. The Bertz CT molecular complexity index is 1030. The highest BCUT2D eigenvalue weighted by molar-refractivity contribution is 6.02. The summed E-state index contributed by atoms with van der Waals surface area (Å²) in [5.41, 5.74) is 0.822. The first-order valence-corrected chi connectivity index (χ1v) is 9.24. The molecule has 0 aliphatic carbocycles. The Labute approximate surface area is 182 Å². The number of nitrogens with one attached hydrogen (secondary N) is 2. The molecule has 3 aromatic rings. The molecule has 1 aromatic heterocycles. The molecule has 2 N–H and O–H groups in total. The Morgan fingerprint density at radius 2 is 1.97 bits per heavy atom. The van der Waals surface area contributed by atoms with E-state index in [9.17, 15) is 18.0 Å². The van der Waals surface area contributed by atoms with E-state index < -0.39 is 17.6 Å². The van der Waals surface area contributed by atoms with Crippen molar-refractivity contribution in [2.75, 3.05) is 25.0 Å². The van der Waals surface area contributed by atoms with Gasteiger partial charge in [-0.3, -0.25) is 4.79 Å². The second-order valence-corrected chi connectivity index (χ2v) is 6.71. The lowest BCUT2D eigenvalue weighted by atomic mass is 10.1. The van der Waals surface area contributed by atoms with Gasteiger partial charge in [0.25, 0.3) is 5.91 Å². The van der Waals surface area contributed by atoms with Crippen molar-refractivity contribution in [2.45, 2.75) is 12.3 Å². The van der Waals surface area contributed by atoms with Crippen molar-refractivity contribution in [3.8, 4) is 5.69 Å².